The molecule has 0 fully saturated rings. The molecule has 1 N–H and O–H groups in total. The summed E-state index contributed by atoms with van der Waals surface area (Å²) in [6.45, 7) is 3.30. The fraction of sp³-hybridized carbons (Fsp3) is 0.235. The van der Waals surface area contributed by atoms with E-state index in [1.54, 1.807) is 35.3 Å². The first-order valence-electron chi connectivity index (χ1n) is 7.69. The van der Waals surface area contributed by atoms with Crippen LogP contribution in [-0.2, 0) is 6.54 Å². The summed E-state index contributed by atoms with van der Waals surface area (Å²) in [4.78, 5) is 12.2. The number of hydrogen-bond acceptors (Lipinski definition) is 3. The van der Waals surface area contributed by atoms with E-state index < -0.39 is 0 Å². The summed E-state index contributed by atoms with van der Waals surface area (Å²) in [5.41, 5.74) is 1.02. The van der Waals surface area contributed by atoms with Crippen molar-refractivity contribution in [2.24, 2.45) is 5.92 Å². The molecular formula is C17H18FN5O. The van der Waals surface area contributed by atoms with Gasteiger partial charge in [-0.05, 0) is 42.3 Å². The number of halogens is 1. The van der Waals surface area contributed by atoms with Crippen molar-refractivity contribution in [1.82, 2.24) is 24.9 Å². The number of benzene rings is 1. The van der Waals surface area contributed by atoms with Crippen molar-refractivity contribution in [3.8, 4) is 5.69 Å². The number of rotatable bonds is 6. The molecule has 6 nitrogen and oxygen atoms in total. The summed E-state index contributed by atoms with van der Waals surface area (Å²) in [5.74, 6) is -0.300. The Bertz CT molecular complexity index is 795. The summed E-state index contributed by atoms with van der Waals surface area (Å²) in [6.07, 6.45) is 5.30. The molecule has 1 atom stereocenters. The molecule has 0 unspecified atom stereocenters. The zero-order chi connectivity index (χ0) is 16.9. The Kier molecular flexibility index (Phi) is 4.69. The topological polar surface area (TPSA) is 64.7 Å². The first kappa shape index (κ1) is 15.9. The number of aromatic nitrogens is 4. The van der Waals surface area contributed by atoms with E-state index in [9.17, 15) is 9.18 Å². The van der Waals surface area contributed by atoms with E-state index in [0.29, 0.717) is 17.9 Å². The summed E-state index contributed by atoms with van der Waals surface area (Å²) < 4.78 is 16.3. The average molecular weight is 327 g/mol. The van der Waals surface area contributed by atoms with Crippen LogP contribution in [0.15, 0.2) is 55.0 Å². The molecule has 2 heterocycles. The lowest BCUT2D eigenvalue weighted by Gasteiger charge is -2.12. The van der Waals surface area contributed by atoms with Crippen LogP contribution >= 0.6 is 0 Å². The van der Waals surface area contributed by atoms with Gasteiger partial charge in [0.1, 0.15) is 5.82 Å². The predicted molar refractivity (Wildman–Crippen MR) is 87.2 cm³/mol. The van der Waals surface area contributed by atoms with Crippen LogP contribution in [0.3, 0.4) is 0 Å². The molecule has 1 amide bonds. The van der Waals surface area contributed by atoms with Gasteiger partial charge in [-0.2, -0.15) is 10.2 Å². The van der Waals surface area contributed by atoms with Crippen molar-refractivity contribution in [1.29, 1.82) is 0 Å². The number of hydrogen-bond donors (Lipinski definition) is 1. The summed E-state index contributed by atoms with van der Waals surface area (Å²) in [6, 6.07) is 9.43. The molecule has 0 spiro atoms. The number of nitrogens with zero attached hydrogens (tertiary/aromatic N) is 4. The van der Waals surface area contributed by atoms with Crippen molar-refractivity contribution < 1.29 is 9.18 Å². The normalized spacial score (nSPS) is 12.1. The second kappa shape index (κ2) is 7.08. The molecule has 3 aromatic rings. The fourth-order valence-electron chi connectivity index (χ4n) is 2.33. The van der Waals surface area contributed by atoms with Gasteiger partial charge in [0.25, 0.3) is 5.91 Å². The molecule has 7 heteroatoms. The minimum Gasteiger partial charge on any atom is -0.350 e. The quantitative estimate of drug-likeness (QED) is 0.755. The lowest BCUT2D eigenvalue weighted by atomic mass is 10.2. The van der Waals surface area contributed by atoms with Gasteiger partial charge in [0, 0.05) is 31.7 Å². The largest absolute Gasteiger partial charge is 0.350 e. The van der Waals surface area contributed by atoms with Crippen molar-refractivity contribution in [2.75, 3.05) is 6.54 Å². The smallest absolute Gasteiger partial charge is 0.271 e. The molecule has 3 rings (SSSR count). The lowest BCUT2D eigenvalue weighted by Crippen LogP contribution is -2.30. The Labute approximate surface area is 138 Å². The van der Waals surface area contributed by atoms with Gasteiger partial charge in [-0.3, -0.25) is 9.48 Å². The monoisotopic (exact) mass is 327 g/mol. The van der Waals surface area contributed by atoms with E-state index >= 15 is 0 Å². The van der Waals surface area contributed by atoms with Crippen LogP contribution in [0.2, 0.25) is 0 Å². The molecule has 0 bridgehead atoms. The van der Waals surface area contributed by atoms with Crippen LogP contribution in [0.25, 0.3) is 5.69 Å². The van der Waals surface area contributed by atoms with Crippen LogP contribution in [0.4, 0.5) is 4.39 Å². The maximum atomic E-state index is 12.9. The Hall–Kier alpha value is -2.96. The highest BCUT2D eigenvalue weighted by Crippen LogP contribution is 2.09. The summed E-state index contributed by atoms with van der Waals surface area (Å²) in [7, 11) is 0. The second-order valence-electron chi connectivity index (χ2n) is 5.67. The third kappa shape index (κ3) is 3.87. The molecule has 24 heavy (non-hydrogen) atoms. The van der Waals surface area contributed by atoms with E-state index in [1.807, 2.05) is 23.9 Å². The standard InChI is InChI=1S/C17H18FN5O/c1-13(12-22-9-2-8-20-22)11-19-17(24)16-7-10-23(21-16)15-5-3-14(18)4-6-15/h2-10,13H,11-12H2,1H3,(H,19,24)/t13-/m1/s1. The van der Waals surface area contributed by atoms with Crippen LogP contribution < -0.4 is 5.32 Å². The maximum absolute atomic E-state index is 12.9. The van der Waals surface area contributed by atoms with Gasteiger partial charge >= 0.3 is 0 Å². The van der Waals surface area contributed by atoms with Gasteiger partial charge < -0.3 is 5.32 Å². The van der Waals surface area contributed by atoms with Gasteiger partial charge in [0.05, 0.1) is 5.69 Å². The van der Waals surface area contributed by atoms with E-state index in [1.165, 1.54) is 12.1 Å². The molecule has 0 radical (unpaired) electrons. The highest BCUT2D eigenvalue weighted by molar-refractivity contribution is 5.92. The second-order valence-corrected chi connectivity index (χ2v) is 5.67. The number of nitrogens with one attached hydrogen (secondary N) is 1. The van der Waals surface area contributed by atoms with Gasteiger partial charge in [-0.15, -0.1) is 0 Å². The highest BCUT2D eigenvalue weighted by atomic mass is 19.1. The van der Waals surface area contributed by atoms with E-state index in [0.717, 1.165) is 6.54 Å². The van der Waals surface area contributed by atoms with Crippen LogP contribution in [0.1, 0.15) is 17.4 Å². The summed E-state index contributed by atoms with van der Waals surface area (Å²) in [5, 5.41) is 11.2. The SMILES string of the molecule is C[C@H](CNC(=O)c1ccn(-c2ccc(F)cc2)n1)Cn1cccn1. The van der Waals surface area contributed by atoms with Gasteiger partial charge in [0.2, 0.25) is 0 Å². The molecule has 124 valence electrons. The third-order valence-corrected chi connectivity index (χ3v) is 3.58. The van der Waals surface area contributed by atoms with Crippen LogP contribution in [-0.4, -0.2) is 32.0 Å². The van der Waals surface area contributed by atoms with E-state index in [-0.39, 0.29) is 17.6 Å². The average Bonchev–Trinajstić information content (AvgIpc) is 3.25. The van der Waals surface area contributed by atoms with Crippen LogP contribution in [0.5, 0.6) is 0 Å². The fourth-order valence-corrected chi connectivity index (χ4v) is 2.33. The van der Waals surface area contributed by atoms with Crippen LogP contribution in [0, 0.1) is 11.7 Å². The highest BCUT2D eigenvalue weighted by Gasteiger charge is 2.12. The molecule has 2 aromatic heterocycles. The Morgan fingerprint density at radius 2 is 2.04 bits per heavy atom. The van der Waals surface area contributed by atoms with Gasteiger partial charge in [0.15, 0.2) is 5.69 Å². The molecule has 0 aliphatic rings. The van der Waals surface area contributed by atoms with Crippen molar-refractivity contribution in [2.45, 2.75) is 13.5 Å². The van der Waals surface area contributed by atoms with E-state index in [2.05, 4.69) is 15.5 Å². The van der Waals surface area contributed by atoms with Crippen molar-refractivity contribution in [3.63, 3.8) is 0 Å². The Morgan fingerprint density at radius 1 is 1.25 bits per heavy atom. The van der Waals surface area contributed by atoms with E-state index in [4.69, 9.17) is 0 Å². The molecule has 0 saturated heterocycles. The minimum atomic E-state index is -0.310. The zero-order valence-corrected chi connectivity index (χ0v) is 13.3. The molecule has 0 saturated carbocycles. The van der Waals surface area contributed by atoms with Gasteiger partial charge in [-0.1, -0.05) is 6.92 Å². The van der Waals surface area contributed by atoms with Crippen molar-refractivity contribution >= 4 is 5.91 Å². The van der Waals surface area contributed by atoms with Gasteiger partial charge in [-0.25, -0.2) is 9.07 Å². The van der Waals surface area contributed by atoms with Crippen molar-refractivity contribution in [3.05, 3.63) is 66.5 Å². The molecule has 0 aliphatic carbocycles. The first-order valence-corrected chi connectivity index (χ1v) is 7.69. The zero-order valence-electron chi connectivity index (χ0n) is 13.3. The minimum absolute atomic E-state index is 0.233. The lowest BCUT2D eigenvalue weighted by molar-refractivity contribution is 0.0941. The number of carbonyl (C=O) groups excluding carboxylic acids is 1. The predicted octanol–water partition coefficient (Wildman–Crippen LogP) is 2.27. The number of carbonyl (C=O) groups is 1. The molecule has 1 aromatic carbocycles. The number of amides is 1. The maximum Gasteiger partial charge on any atom is 0.271 e. The Balaban J connectivity index is 1.56. The first-order chi connectivity index (χ1) is 11.6. The molecular weight excluding hydrogens is 309 g/mol. The molecule has 0 aliphatic heterocycles. The Morgan fingerprint density at radius 3 is 2.75 bits per heavy atom. The third-order valence-electron chi connectivity index (χ3n) is 3.58. The summed E-state index contributed by atoms with van der Waals surface area (Å²) >= 11 is 0.